The predicted octanol–water partition coefficient (Wildman–Crippen LogP) is 5.64. The number of urea groups is 1. The molecule has 2 aromatic rings. The van der Waals surface area contributed by atoms with Crippen LogP contribution in [0.5, 0.6) is 0 Å². The SMILES string of the molecule is O=C1NC(=O)N(c2ccc(C34CC5CC(CC(C5)C3)C4)cc2)C(=O)/C1=C/c1ccc(Br)s1. The first-order valence-electron chi connectivity index (χ1n) is 11.2. The van der Waals surface area contributed by atoms with Gasteiger partial charge in [-0.05, 0) is 114 Å². The number of nitrogens with zero attached hydrogens (tertiary/aromatic N) is 1. The minimum atomic E-state index is -0.702. The average molecular weight is 511 g/mol. The standard InChI is InChI=1S/C25H23BrN2O3S/c26-21-6-5-19(32-21)10-20-22(29)27-24(31)28(23(20)30)18-3-1-17(2-4-18)25-11-14-7-15(12-25)9-16(8-14)13-25/h1-6,10,14-16H,7-9,11-13H2,(H,27,29,31)/b20-10+. The number of carbonyl (C=O) groups excluding carboxylic acids is 3. The first-order chi connectivity index (χ1) is 15.4. The molecule has 5 fully saturated rings. The molecule has 1 N–H and O–H groups in total. The minimum Gasteiger partial charge on any atom is -0.273 e. The molecule has 7 heteroatoms. The Kier molecular flexibility index (Phi) is 4.70. The van der Waals surface area contributed by atoms with E-state index < -0.39 is 17.8 Å². The van der Waals surface area contributed by atoms with Crippen LogP contribution in [-0.4, -0.2) is 17.8 Å². The van der Waals surface area contributed by atoms with Crippen LogP contribution in [0.15, 0.2) is 45.8 Å². The van der Waals surface area contributed by atoms with Gasteiger partial charge in [0, 0.05) is 4.88 Å². The maximum absolute atomic E-state index is 13.1. The number of nitrogens with one attached hydrogen (secondary N) is 1. The molecule has 32 heavy (non-hydrogen) atoms. The lowest BCUT2D eigenvalue weighted by atomic mass is 9.48. The summed E-state index contributed by atoms with van der Waals surface area (Å²) >= 11 is 4.81. The van der Waals surface area contributed by atoms with E-state index >= 15 is 0 Å². The Labute approximate surface area is 199 Å². The van der Waals surface area contributed by atoms with Gasteiger partial charge in [0.2, 0.25) is 0 Å². The zero-order valence-electron chi connectivity index (χ0n) is 17.5. The van der Waals surface area contributed by atoms with E-state index in [1.807, 2.05) is 24.3 Å². The van der Waals surface area contributed by atoms with Crippen LogP contribution in [0, 0.1) is 17.8 Å². The number of anilines is 1. The zero-order valence-corrected chi connectivity index (χ0v) is 19.9. The molecule has 2 heterocycles. The van der Waals surface area contributed by atoms with Crippen LogP contribution in [0.25, 0.3) is 6.08 Å². The van der Waals surface area contributed by atoms with Crippen LogP contribution in [0.2, 0.25) is 0 Å². The second-order valence-corrected chi connectivity index (χ2v) is 12.3. The molecule has 5 aliphatic rings. The van der Waals surface area contributed by atoms with Crippen molar-refractivity contribution in [3.05, 3.63) is 56.2 Å². The highest BCUT2D eigenvalue weighted by molar-refractivity contribution is 9.11. The number of amides is 4. The first-order valence-corrected chi connectivity index (χ1v) is 12.8. The third-order valence-corrected chi connectivity index (χ3v) is 9.33. The fourth-order valence-electron chi connectivity index (χ4n) is 6.87. The van der Waals surface area contributed by atoms with Gasteiger partial charge in [-0.15, -0.1) is 11.3 Å². The van der Waals surface area contributed by atoms with Gasteiger partial charge in [-0.3, -0.25) is 14.9 Å². The molecular formula is C25H23BrN2O3S. The van der Waals surface area contributed by atoms with Crippen molar-refractivity contribution in [1.29, 1.82) is 0 Å². The maximum atomic E-state index is 13.1. The minimum absolute atomic E-state index is 0.0379. The van der Waals surface area contributed by atoms with E-state index in [1.165, 1.54) is 61.5 Å². The normalized spacial score (nSPS) is 32.7. The summed E-state index contributed by atoms with van der Waals surface area (Å²) < 4.78 is 0.904. The number of barbiturate groups is 1. The predicted molar refractivity (Wildman–Crippen MR) is 127 cm³/mol. The number of carbonyl (C=O) groups is 3. The summed E-state index contributed by atoms with van der Waals surface area (Å²) in [4.78, 5) is 39.9. The van der Waals surface area contributed by atoms with Gasteiger partial charge in [-0.1, -0.05) is 12.1 Å². The van der Waals surface area contributed by atoms with Crippen molar-refractivity contribution >= 4 is 56.9 Å². The van der Waals surface area contributed by atoms with E-state index in [0.29, 0.717) is 5.69 Å². The molecule has 4 saturated carbocycles. The van der Waals surface area contributed by atoms with Crippen LogP contribution in [0.3, 0.4) is 0 Å². The van der Waals surface area contributed by atoms with Crippen LogP contribution in [0.4, 0.5) is 10.5 Å². The van der Waals surface area contributed by atoms with E-state index in [4.69, 9.17) is 0 Å². The van der Waals surface area contributed by atoms with Gasteiger partial charge in [0.05, 0.1) is 9.47 Å². The van der Waals surface area contributed by atoms with E-state index in [1.54, 1.807) is 0 Å². The molecule has 1 aliphatic heterocycles. The van der Waals surface area contributed by atoms with Crippen molar-refractivity contribution in [3.8, 4) is 0 Å². The van der Waals surface area contributed by atoms with Crippen LogP contribution in [0.1, 0.15) is 49.0 Å². The highest BCUT2D eigenvalue weighted by Crippen LogP contribution is 2.60. The molecule has 1 aromatic heterocycles. The Hall–Kier alpha value is -2.25. The molecule has 0 unspecified atom stereocenters. The lowest BCUT2D eigenvalue weighted by molar-refractivity contribution is -0.122. The third-order valence-electron chi connectivity index (χ3n) is 7.76. The number of rotatable bonds is 3. The van der Waals surface area contributed by atoms with E-state index in [0.717, 1.165) is 31.3 Å². The number of imide groups is 2. The summed E-state index contributed by atoms with van der Waals surface area (Å²) in [5.74, 6) is 1.31. The summed E-state index contributed by atoms with van der Waals surface area (Å²) in [6.45, 7) is 0. The molecule has 1 saturated heterocycles. The Bertz CT molecular complexity index is 1130. The summed E-state index contributed by atoms with van der Waals surface area (Å²) in [7, 11) is 0. The Morgan fingerprint density at radius 3 is 2.12 bits per heavy atom. The molecule has 4 aliphatic carbocycles. The number of hydrogen-bond acceptors (Lipinski definition) is 4. The highest BCUT2D eigenvalue weighted by atomic mass is 79.9. The lowest BCUT2D eigenvalue weighted by Gasteiger charge is -2.57. The molecule has 0 spiro atoms. The van der Waals surface area contributed by atoms with Crippen molar-refractivity contribution in [2.75, 3.05) is 4.90 Å². The zero-order chi connectivity index (χ0) is 22.0. The Balaban J connectivity index is 1.30. The monoisotopic (exact) mass is 510 g/mol. The largest absolute Gasteiger partial charge is 0.335 e. The molecule has 5 nitrogen and oxygen atoms in total. The van der Waals surface area contributed by atoms with Gasteiger partial charge in [0.1, 0.15) is 5.57 Å². The smallest absolute Gasteiger partial charge is 0.273 e. The van der Waals surface area contributed by atoms with Gasteiger partial charge >= 0.3 is 6.03 Å². The molecule has 7 rings (SSSR count). The molecule has 164 valence electrons. The van der Waals surface area contributed by atoms with Gasteiger partial charge in [-0.2, -0.15) is 0 Å². The first kappa shape index (κ1) is 20.4. The van der Waals surface area contributed by atoms with Crippen molar-refractivity contribution in [2.24, 2.45) is 17.8 Å². The summed E-state index contributed by atoms with van der Waals surface area (Å²) in [6, 6.07) is 10.9. The van der Waals surface area contributed by atoms with Crippen molar-refractivity contribution in [3.63, 3.8) is 0 Å². The van der Waals surface area contributed by atoms with Crippen LogP contribution in [-0.2, 0) is 15.0 Å². The number of thiophene rings is 1. The van der Waals surface area contributed by atoms with Crippen molar-refractivity contribution in [1.82, 2.24) is 5.32 Å². The Morgan fingerprint density at radius 1 is 0.938 bits per heavy atom. The van der Waals surface area contributed by atoms with Crippen molar-refractivity contribution in [2.45, 2.75) is 43.9 Å². The number of halogens is 1. The highest BCUT2D eigenvalue weighted by Gasteiger charge is 2.51. The summed E-state index contributed by atoms with van der Waals surface area (Å²) in [5, 5.41) is 2.31. The number of hydrogen-bond donors (Lipinski definition) is 1. The van der Waals surface area contributed by atoms with Gasteiger partial charge in [-0.25, -0.2) is 9.69 Å². The fraction of sp³-hybridized carbons (Fsp3) is 0.400. The van der Waals surface area contributed by atoms with Crippen molar-refractivity contribution < 1.29 is 14.4 Å². The fourth-order valence-corrected chi connectivity index (χ4v) is 8.24. The van der Waals surface area contributed by atoms with Crippen LogP contribution < -0.4 is 10.2 Å². The van der Waals surface area contributed by atoms with Gasteiger partial charge < -0.3 is 0 Å². The van der Waals surface area contributed by atoms with E-state index in [2.05, 4.69) is 33.4 Å². The molecule has 0 atom stereocenters. The molecule has 4 bridgehead atoms. The molecule has 1 aromatic carbocycles. The summed E-state index contributed by atoms with van der Waals surface area (Å²) in [6.07, 6.45) is 9.51. The molecule has 0 radical (unpaired) electrons. The molecule has 4 amide bonds. The topological polar surface area (TPSA) is 66.5 Å². The number of benzene rings is 1. The third kappa shape index (κ3) is 3.28. The van der Waals surface area contributed by atoms with E-state index in [-0.39, 0.29) is 11.0 Å². The second kappa shape index (κ2) is 7.39. The van der Waals surface area contributed by atoms with Crippen LogP contribution >= 0.6 is 27.3 Å². The summed E-state index contributed by atoms with van der Waals surface area (Å²) in [5.41, 5.74) is 2.05. The average Bonchev–Trinajstić information content (AvgIpc) is 3.15. The Morgan fingerprint density at radius 2 is 1.56 bits per heavy atom. The van der Waals surface area contributed by atoms with Gasteiger partial charge in [0.25, 0.3) is 11.8 Å². The second-order valence-electron chi connectivity index (χ2n) is 9.84. The van der Waals surface area contributed by atoms with Gasteiger partial charge in [0.15, 0.2) is 0 Å². The van der Waals surface area contributed by atoms with E-state index in [9.17, 15) is 14.4 Å². The lowest BCUT2D eigenvalue weighted by Crippen LogP contribution is -2.54. The quantitative estimate of drug-likeness (QED) is 0.428. The molecular weight excluding hydrogens is 488 g/mol. The maximum Gasteiger partial charge on any atom is 0.335 e.